The van der Waals surface area contributed by atoms with Crippen molar-refractivity contribution in [2.75, 3.05) is 18.5 Å². The molecule has 0 spiro atoms. The Morgan fingerprint density at radius 2 is 2.47 bits per heavy atom. The van der Waals surface area contributed by atoms with Crippen molar-refractivity contribution >= 4 is 11.5 Å². The van der Waals surface area contributed by atoms with Gasteiger partial charge in [0.05, 0.1) is 18.0 Å². The summed E-state index contributed by atoms with van der Waals surface area (Å²) in [5, 5.41) is 14.6. The molecule has 1 aliphatic heterocycles. The average molecular weight is 234 g/mol. The summed E-state index contributed by atoms with van der Waals surface area (Å²) in [6.45, 7) is 3.68. The molecule has 1 unspecified atom stereocenters. The first-order chi connectivity index (χ1) is 8.27. The number of aromatic nitrogens is 5. The summed E-state index contributed by atoms with van der Waals surface area (Å²) in [4.78, 5) is 4.09. The van der Waals surface area contributed by atoms with Crippen LogP contribution in [-0.2, 0) is 4.74 Å². The highest BCUT2D eigenvalue weighted by Crippen LogP contribution is 2.25. The van der Waals surface area contributed by atoms with Crippen LogP contribution in [0.2, 0.25) is 0 Å². The van der Waals surface area contributed by atoms with Gasteiger partial charge in [0, 0.05) is 13.2 Å². The molecule has 7 heteroatoms. The number of tetrazole rings is 1. The summed E-state index contributed by atoms with van der Waals surface area (Å²) in [6.07, 6.45) is 5.52. The lowest BCUT2D eigenvalue weighted by molar-refractivity contribution is 0.0314. The van der Waals surface area contributed by atoms with E-state index < -0.39 is 0 Å². The summed E-state index contributed by atoms with van der Waals surface area (Å²) in [5.41, 5.74) is 0.531. The third kappa shape index (κ3) is 1.93. The van der Waals surface area contributed by atoms with Crippen molar-refractivity contribution in [3.8, 4) is 0 Å². The highest BCUT2D eigenvalue weighted by molar-refractivity contribution is 5.43. The second kappa shape index (κ2) is 3.92. The number of rotatable bonds is 3. The SMILES string of the molecule is CC1(CNc2cncc3nnnn23)CCCO1. The number of hydrogen-bond acceptors (Lipinski definition) is 6. The Hall–Kier alpha value is -1.76. The number of nitrogens with zero attached hydrogens (tertiary/aromatic N) is 5. The van der Waals surface area contributed by atoms with Gasteiger partial charge in [0.1, 0.15) is 0 Å². The lowest BCUT2D eigenvalue weighted by Crippen LogP contribution is -2.33. The highest BCUT2D eigenvalue weighted by atomic mass is 16.5. The second-order valence-corrected chi connectivity index (χ2v) is 4.50. The van der Waals surface area contributed by atoms with Gasteiger partial charge in [-0.25, -0.2) is 0 Å². The summed E-state index contributed by atoms with van der Waals surface area (Å²) >= 11 is 0. The molecule has 3 heterocycles. The van der Waals surface area contributed by atoms with E-state index >= 15 is 0 Å². The molecule has 1 atom stereocenters. The lowest BCUT2D eigenvalue weighted by atomic mass is 10.0. The molecular formula is C10H14N6O. The zero-order chi connectivity index (χ0) is 11.7. The molecule has 2 aromatic rings. The molecule has 17 heavy (non-hydrogen) atoms. The summed E-state index contributed by atoms with van der Waals surface area (Å²) in [5.74, 6) is 0.782. The number of fused-ring (bicyclic) bond motifs is 1. The van der Waals surface area contributed by atoms with Crippen LogP contribution in [0.15, 0.2) is 12.4 Å². The minimum atomic E-state index is -0.101. The van der Waals surface area contributed by atoms with Gasteiger partial charge in [-0.15, -0.1) is 5.10 Å². The monoisotopic (exact) mass is 234 g/mol. The molecule has 0 aliphatic carbocycles. The van der Waals surface area contributed by atoms with E-state index in [1.54, 1.807) is 16.9 Å². The predicted octanol–water partition coefficient (Wildman–Crippen LogP) is 0.500. The van der Waals surface area contributed by atoms with Crippen molar-refractivity contribution in [2.24, 2.45) is 0 Å². The standard InChI is InChI=1S/C10H14N6O/c1-10(3-2-4-17-10)7-12-8-5-11-6-9-13-14-15-16(8)9/h5-6,12H,2-4,7H2,1H3. The largest absolute Gasteiger partial charge is 0.373 e. The molecule has 0 bridgehead atoms. The molecular weight excluding hydrogens is 220 g/mol. The summed E-state index contributed by atoms with van der Waals surface area (Å²) < 4.78 is 7.34. The Kier molecular flexibility index (Phi) is 2.40. The van der Waals surface area contributed by atoms with Crippen molar-refractivity contribution in [3.63, 3.8) is 0 Å². The number of ether oxygens (including phenoxy) is 1. The molecule has 1 saturated heterocycles. The Balaban J connectivity index is 1.78. The van der Waals surface area contributed by atoms with Crippen LogP contribution in [0.3, 0.4) is 0 Å². The normalized spacial score (nSPS) is 24.3. The molecule has 90 valence electrons. The van der Waals surface area contributed by atoms with E-state index in [4.69, 9.17) is 4.74 Å². The van der Waals surface area contributed by atoms with E-state index in [0.717, 1.165) is 31.8 Å². The van der Waals surface area contributed by atoms with Crippen LogP contribution >= 0.6 is 0 Å². The van der Waals surface area contributed by atoms with Crippen LogP contribution in [0.4, 0.5) is 5.82 Å². The quantitative estimate of drug-likeness (QED) is 0.833. The van der Waals surface area contributed by atoms with E-state index in [-0.39, 0.29) is 5.60 Å². The zero-order valence-electron chi connectivity index (χ0n) is 9.63. The van der Waals surface area contributed by atoms with Crippen LogP contribution in [0, 0.1) is 0 Å². The van der Waals surface area contributed by atoms with Crippen LogP contribution in [0.5, 0.6) is 0 Å². The minimum Gasteiger partial charge on any atom is -0.373 e. The van der Waals surface area contributed by atoms with Crippen LogP contribution < -0.4 is 5.32 Å². The molecule has 1 fully saturated rings. The average Bonchev–Trinajstić information content (AvgIpc) is 2.95. The highest BCUT2D eigenvalue weighted by Gasteiger charge is 2.29. The van der Waals surface area contributed by atoms with Crippen LogP contribution in [0.25, 0.3) is 5.65 Å². The van der Waals surface area contributed by atoms with Gasteiger partial charge in [0.15, 0.2) is 11.5 Å². The maximum absolute atomic E-state index is 5.71. The van der Waals surface area contributed by atoms with Crippen molar-refractivity contribution in [1.29, 1.82) is 0 Å². The minimum absolute atomic E-state index is 0.101. The van der Waals surface area contributed by atoms with Gasteiger partial charge in [-0.1, -0.05) is 0 Å². The number of hydrogen-bond donors (Lipinski definition) is 1. The lowest BCUT2D eigenvalue weighted by Gasteiger charge is -2.23. The van der Waals surface area contributed by atoms with Gasteiger partial charge < -0.3 is 10.1 Å². The number of nitrogens with one attached hydrogen (secondary N) is 1. The summed E-state index contributed by atoms with van der Waals surface area (Å²) in [6, 6.07) is 0. The molecule has 7 nitrogen and oxygen atoms in total. The van der Waals surface area contributed by atoms with E-state index in [0.29, 0.717) is 5.65 Å². The Morgan fingerprint density at radius 1 is 1.53 bits per heavy atom. The molecule has 1 N–H and O–H groups in total. The Labute approximate surface area is 98.2 Å². The van der Waals surface area contributed by atoms with Gasteiger partial charge in [-0.2, -0.15) is 4.52 Å². The molecule has 0 saturated carbocycles. The van der Waals surface area contributed by atoms with E-state index in [2.05, 4.69) is 32.7 Å². The first-order valence-corrected chi connectivity index (χ1v) is 5.67. The van der Waals surface area contributed by atoms with Crippen molar-refractivity contribution in [2.45, 2.75) is 25.4 Å². The maximum atomic E-state index is 5.71. The van der Waals surface area contributed by atoms with Gasteiger partial charge in [-0.3, -0.25) is 4.98 Å². The van der Waals surface area contributed by atoms with Gasteiger partial charge in [0.25, 0.3) is 0 Å². The van der Waals surface area contributed by atoms with Crippen LogP contribution in [-0.4, -0.2) is 43.8 Å². The first-order valence-electron chi connectivity index (χ1n) is 5.67. The second-order valence-electron chi connectivity index (χ2n) is 4.50. The van der Waals surface area contributed by atoms with Crippen LogP contribution in [0.1, 0.15) is 19.8 Å². The van der Waals surface area contributed by atoms with Gasteiger partial charge in [-0.05, 0) is 30.2 Å². The summed E-state index contributed by atoms with van der Waals surface area (Å²) in [7, 11) is 0. The van der Waals surface area contributed by atoms with E-state index in [9.17, 15) is 0 Å². The van der Waals surface area contributed by atoms with E-state index in [1.165, 1.54) is 0 Å². The van der Waals surface area contributed by atoms with Crippen molar-refractivity contribution in [1.82, 2.24) is 25.0 Å². The molecule has 0 amide bonds. The topological polar surface area (TPSA) is 77.2 Å². The van der Waals surface area contributed by atoms with Gasteiger partial charge in [0.2, 0.25) is 0 Å². The molecule has 0 aromatic carbocycles. The fourth-order valence-electron chi connectivity index (χ4n) is 2.05. The predicted molar refractivity (Wildman–Crippen MR) is 60.7 cm³/mol. The maximum Gasteiger partial charge on any atom is 0.199 e. The molecule has 0 radical (unpaired) electrons. The molecule has 1 aliphatic rings. The van der Waals surface area contributed by atoms with Crippen molar-refractivity contribution in [3.05, 3.63) is 12.4 Å². The smallest absolute Gasteiger partial charge is 0.199 e. The fourth-order valence-corrected chi connectivity index (χ4v) is 2.05. The first kappa shape index (κ1) is 10.4. The zero-order valence-corrected chi connectivity index (χ0v) is 9.63. The molecule has 2 aromatic heterocycles. The third-order valence-electron chi connectivity index (χ3n) is 3.05. The fraction of sp³-hybridized carbons (Fsp3) is 0.600. The Bertz CT molecular complexity index is 518. The van der Waals surface area contributed by atoms with E-state index in [1.807, 2.05) is 0 Å². The third-order valence-corrected chi connectivity index (χ3v) is 3.05. The number of anilines is 1. The molecule has 3 rings (SSSR count). The Morgan fingerprint density at radius 3 is 3.29 bits per heavy atom. The van der Waals surface area contributed by atoms with Gasteiger partial charge >= 0.3 is 0 Å². The van der Waals surface area contributed by atoms with Crippen molar-refractivity contribution < 1.29 is 4.74 Å².